The maximum atomic E-state index is 12.7. The van der Waals surface area contributed by atoms with E-state index in [4.69, 9.17) is 4.74 Å². The van der Waals surface area contributed by atoms with E-state index in [0.29, 0.717) is 24.5 Å². The molecule has 3 rings (SSSR count). The van der Waals surface area contributed by atoms with Crippen LogP contribution in [0.3, 0.4) is 0 Å². The molecule has 2 bridgehead atoms. The molecule has 5 heteroatoms. The van der Waals surface area contributed by atoms with Gasteiger partial charge in [0, 0.05) is 31.0 Å². The fraction of sp³-hybridized carbons (Fsp3) is 0.667. The van der Waals surface area contributed by atoms with Crippen LogP contribution < -0.4 is 10.2 Å². The van der Waals surface area contributed by atoms with Crippen LogP contribution in [0.5, 0.6) is 0 Å². The van der Waals surface area contributed by atoms with E-state index in [1.165, 1.54) is 12.8 Å². The van der Waals surface area contributed by atoms with Gasteiger partial charge in [0.2, 0.25) is 0 Å². The van der Waals surface area contributed by atoms with Crippen LogP contribution >= 0.6 is 0 Å². The zero-order valence-electron chi connectivity index (χ0n) is 14.3. The minimum atomic E-state index is -0.491. The second-order valence-electron chi connectivity index (χ2n) is 7.77. The lowest BCUT2D eigenvalue weighted by Crippen LogP contribution is -2.45. The third-order valence-corrected chi connectivity index (χ3v) is 4.60. The van der Waals surface area contributed by atoms with Crippen molar-refractivity contribution < 1.29 is 9.53 Å². The largest absolute Gasteiger partial charge is 0.443 e. The highest BCUT2D eigenvalue weighted by Crippen LogP contribution is 2.32. The summed E-state index contributed by atoms with van der Waals surface area (Å²) in [6.07, 6.45) is 7.99. The van der Waals surface area contributed by atoms with Crippen molar-refractivity contribution >= 4 is 11.8 Å². The molecule has 2 aliphatic heterocycles. The number of hydrogen-bond donors (Lipinski definition) is 1. The lowest BCUT2D eigenvalue weighted by molar-refractivity contribution is 0.0570. The first kappa shape index (κ1) is 16.2. The van der Waals surface area contributed by atoms with E-state index in [2.05, 4.69) is 10.3 Å². The average molecular weight is 317 g/mol. The van der Waals surface area contributed by atoms with Crippen LogP contribution in [0, 0.1) is 5.92 Å². The number of nitrogens with zero attached hydrogens (tertiary/aromatic N) is 2. The highest BCUT2D eigenvalue weighted by Gasteiger charge is 2.35. The van der Waals surface area contributed by atoms with Gasteiger partial charge < -0.3 is 10.1 Å². The number of hydrogen-bond acceptors (Lipinski definition) is 4. The molecule has 0 aliphatic carbocycles. The van der Waals surface area contributed by atoms with Gasteiger partial charge in [-0.3, -0.25) is 9.88 Å². The van der Waals surface area contributed by atoms with Gasteiger partial charge in [-0.15, -0.1) is 0 Å². The van der Waals surface area contributed by atoms with Crippen molar-refractivity contribution in [3.63, 3.8) is 0 Å². The summed E-state index contributed by atoms with van der Waals surface area (Å²) in [5, 5.41) is 3.66. The van der Waals surface area contributed by atoms with Crippen LogP contribution in [0.2, 0.25) is 0 Å². The van der Waals surface area contributed by atoms with E-state index in [0.717, 1.165) is 18.5 Å². The lowest BCUT2D eigenvalue weighted by Gasteiger charge is -2.34. The zero-order chi connectivity index (χ0) is 16.4. The molecule has 0 spiro atoms. The molecule has 5 nitrogen and oxygen atoms in total. The molecule has 2 unspecified atom stereocenters. The summed E-state index contributed by atoms with van der Waals surface area (Å²) in [4.78, 5) is 18.5. The molecule has 2 saturated heterocycles. The SMILES string of the molecule is CC(C)(C)OC(=O)N(CC1CC2CCC(C1)N2)c1ccncc1. The third-order valence-electron chi connectivity index (χ3n) is 4.60. The number of nitrogens with one attached hydrogen (secondary N) is 1. The molecule has 126 valence electrons. The number of anilines is 1. The molecule has 1 aromatic heterocycles. The van der Waals surface area contributed by atoms with E-state index < -0.39 is 5.60 Å². The predicted octanol–water partition coefficient (Wildman–Crippen LogP) is 3.35. The Hall–Kier alpha value is -1.62. The monoisotopic (exact) mass is 317 g/mol. The van der Waals surface area contributed by atoms with Gasteiger partial charge in [0.05, 0.1) is 5.69 Å². The van der Waals surface area contributed by atoms with Gasteiger partial charge in [0.15, 0.2) is 0 Å². The number of pyridine rings is 1. The summed E-state index contributed by atoms with van der Waals surface area (Å²) < 4.78 is 5.62. The fourth-order valence-electron chi connectivity index (χ4n) is 3.71. The van der Waals surface area contributed by atoms with Crippen molar-refractivity contribution in [1.82, 2.24) is 10.3 Å². The van der Waals surface area contributed by atoms with E-state index in [1.54, 1.807) is 17.3 Å². The Kier molecular flexibility index (Phi) is 4.57. The van der Waals surface area contributed by atoms with Gasteiger partial charge in [-0.2, -0.15) is 0 Å². The zero-order valence-corrected chi connectivity index (χ0v) is 14.3. The van der Waals surface area contributed by atoms with Crippen LogP contribution in [0.25, 0.3) is 0 Å². The van der Waals surface area contributed by atoms with Crippen LogP contribution in [0.1, 0.15) is 46.5 Å². The Labute approximate surface area is 138 Å². The second-order valence-corrected chi connectivity index (χ2v) is 7.77. The normalized spacial score (nSPS) is 26.8. The van der Waals surface area contributed by atoms with Crippen LogP contribution in [-0.2, 0) is 4.74 Å². The Morgan fingerprint density at radius 3 is 2.43 bits per heavy atom. The summed E-state index contributed by atoms with van der Waals surface area (Å²) >= 11 is 0. The standard InChI is InChI=1S/C18H27N3O2/c1-18(2,3)23-17(22)21(16-6-8-19-9-7-16)12-13-10-14-4-5-15(11-13)20-14/h6-9,13-15,20H,4-5,10-12H2,1-3H3. The van der Waals surface area contributed by atoms with Gasteiger partial charge in [0.25, 0.3) is 0 Å². The number of rotatable bonds is 3. The number of aromatic nitrogens is 1. The highest BCUT2D eigenvalue weighted by molar-refractivity contribution is 5.87. The maximum Gasteiger partial charge on any atom is 0.414 e. The molecular formula is C18H27N3O2. The second kappa shape index (κ2) is 6.48. The van der Waals surface area contributed by atoms with Crippen LogP contribution in [-0.4, -0.2) is 35.3 Å². The first-order valence-corrected chi connectivity index (χ1v) is 8.57. The Balaban J connectivity index is 1.74. The minimum absolute atomic E-state index is 0.269. The third kappa shape index (κ3) is 4.22. The molecule has 0 aromatic carbocycles. The smallest absolute Gasteiger partial charge is 0.414 e. The lowest BCUT2D eigenvalue weighted by atomic mass is 9.92. The summed E-state index contributed by atoms with van der Waals surface area (Å²) in [7, 11) is 0. The number of fused-ring (bicyclic) bond motifs is 2. The minimum Gasteiger partial charge on any atom is -0.443 e. The Morgan fingerprint density at radius 1 is 1.26 bits per heavy atom. The molecular weight excluding hydrogens is 290 g/mol. The molecule has 2 fully saturated rings. The Bertz CT molecular complexity index is 529. The van der Waals surface area contributed by atoms with Crippen molar-refractivity contribution in [3.05, 3.63) is 24.5 Å². The number of piperidine rings is 1. The van der Waals surface area contributed by atoms with Gasteiger partial charge in [-0.25, -0.2) is 4.79 Å². The van der Waals surface area contributed by atoms with E-state index in [-0.39, 0.29) is 6.09 Å². The van der Waals surface area contributed by atoms with E-state index >= 15 is 0 Å². The first-order chi connectivity index (χ1) is 10.9. The highest BCUT2D eigenvalue weighted by atomic mass is 16.6. The summed E-state index contributed by atoms with van der Waals surface area (Å²) in [5.74, 6) is 0.523. The fourth-order valence-corrected chi connectivity index (χ4v) is 3.71. The molecule has 1 amide bonds. The van der Waals surface area contributed by atoms with Gasteiger partial charge in [-0.05, 0) is 64.5 Å². The van der Waals surface area contributed by atoms with Crippen molar-refractivity contribution in [3.8, 4) is 0 Å². The first-order valence-electron chi connectivity index (χ1n) is 8.57. The molecule has 0 saturated carbocycles. The topological polar surface area (TPSA) is 54.5 Å². The van der Waals surface area contributed by atoms with Gasteiger partial charge in [0.1, 0.15) is 5.60 Å². The summed E-state index contributed by atoms with van der Waals surface area (Å²) in [6.45, 7) is 6.43. The van der Waals surface area contributed by atoms with E-state index in [1.807, 2.05) is 32.9 Å². The molecule has 0 radical (unpaired) electrons. The summed E-state index contributed by atoms with van der Waals surface area (Å²) in [5.41, 5.74) is 0.371. The van der Waals surface area contributed by atoms with Crippen LogP contribution in [0.15, 0.2) is 24.5 Å². The molecule has 1 aromatic rings. The number of carbonyl (C=O) groups excluding carboxylic acids is 1. The van der Waals surface area contributed by atoms with Gasteiger partial charge >= 0.3 is 6.09 Å². The molecule has 23 heavy (non-hydrogen) atoms. The van der Waals surface area contributed by atoms with Crippen molar-refractivity contribution in [2.45, 2.75) is 64.1 Å². The quantitative estimate of drug-likeness (QED) is 0.929. The van der Waals surface area contributed by atoms with Gasteiger partial charge in [-0.1, -0.05) is 0 Å². The predicted molar refractivity (Wildman–Crippen MR) is 90.5 cm³/mol. The van der Waals surface area contributed by atoms with Crippen molar-refractivity contribution in [2.24, 2.45) is 5.92 Å². The van der Waals surface area contributed by atoms with Crippen LogP contribution in [0.4, 0.5) is 10.5 Å². The number of carbonyl (C=O) groups is 1. The molecule has 2 atom stereocenters. The molecule has 2 aliphatic rings. The maximum absolute atomic E-state index is 12.7. The summed E-state index contributed by atoms with van der Waals surface area (Å²) in [6, 6.07) is 4.99. The average Bonchev–Trinajstić information content (AvgIpc) is 2.82. The van der Waals surface area contributed by atoms with Crippen molar-refractivity contribution in [2.75, 3.05) is 11.4 Å². The van der Waals surface area contributed by atoms with Crippen molar-refractivity contribution in [1.29, 1.82) is 0 Å². The number of ether oxygens (including phenoxy) is 1. The number of amides is 1. The Morgan fingerprint density at radius 2 is 1.87 bits per heavy atom. The molecule has 3 heterocycles. The molecule has 1 N–H and O–H groups in total. The van der Waals surface area contributed by atoms with E-state index in [9.17, 15) is 4.79 Å².